The summed E-state index contributed by atoms with van der Waals surface area (Å²) in [5.41, 5.74) is 1.65. The second-order valence-corrected chi connectivity index (χ2v) is 10.3. The zero-order chi connectivity index (χ0) is 27.4. The molecule has 0 unspecified atom stereocenters. The number of nitrogens with zero attached hydrogens (tertiary/aromatic N) is 3. The minimum absolute atomic E-state index is 0.177. The van der Waals surface area contributed by atoms with Gasteiger partial charge in [0.15, 0.2) is 0 Å². The number of aromatic nitrogens is 3. The molecule has 1 saturated carbocycles. The summed E-state index contributed by atoms with van der Waals surface area (Å²) < 4.78 is 39.6. The normalized spacial score (nSPS) is 20.7. The number of nitrogens with one attached hydrogen (secondary N) is 3. The SMILES string of the molecule is O=C1NC(=O)C(=Cc2ccnc(NC3CCC(NCc4cccnc4-c4cccc(C(F)(F)F)c4)CC3)n2)S1. The third-order valence-electron chi connectivity index (χ3n) is 6.59. The molecule has 2 amide bonds. The number of anilines is 1. The van der Waals surface area contributed by atoms with Gasteiger partial charge in [-0.25, -0.2) is 9.97 Å². The molecule has 3 aromatic rings. The summed E-state index contributed by atoms with van der Waals surface area (Å²) in [5.74, 6) is 0.0220. The molecular weight excluding hydrogens is 529 g/mol. The molecule has 202 valence electrons. The number of rotatable bonds is 7. The number of alkyl halides is 3. The molecule has 0 atom stereocenters. The standard InChI is InChI=1S/C27H25F3N6O2S/c28-27(29,30)18-5-1-3-16(13-18)23-17(4-2-11-31-23)15-33-19-6-8-20(9-7-19)34-25-32-12-10-21(35-25)14-22-24(37)36-26(38)39-22/h1-5,10-14,19-20,33H,6-9,15H2,(H,32,34,35)(H,36,37,38). The highest BCUT2D eigenvalue weighted by Crippen LogP contribution is 2.33. The zero-order valence-corrected chi connectivity index (χ0v) is 21.5. The Bertz CT molecular complexity index is 1410. The molecule has 1 aliphatic heterocycles. The lowest BCUT2D eigenvalue weighted by Crippen LogP contribution is -2.37. The lowest BCUT2D eigenvalue weighted by atomic mass is 9.91. The van der Waals surface area contributed by atoms with Crippen molar-refractivity contribution in [3.63, 3.8) is 0 Å². The van der Waals surface area contributed by atoms with Gasteiger partial charge >= 0.3 is 6.18 Å². The third-order valence-corrected chi connectivity index (χ3v) is 7.40. The molecule has 0 bridgehead atoms. The van der Waals surface area contributed by atoms with Crippen molar-refractivity contribution in [1.82, 2.24) is 25.6 Å². The summed E-state index contributed by atoms with van der Waals surface area (Å²) in [5, 5.41) is 8.71. The van der Waals surface area contributed by atoms with E-state index in [2.05, 4.69) is 30.9 Å². The van der Waals surface area contributed by atoms with Crippen molar-refractivity contribution in [3.8, 4) is 11.3 Å². The van der Waals surface area contributed by atoms with Crippen LogP contribution in [-0.4, -0.2) is 38.2 Å². The minimum atomic E-state index is -4.41. The number of halogens is 3. The van der Waals surface area contributed by atoms with Crippen LogP contribution in [0.5, 0.6) is 0 Å². The first-order valence-corrected chi connectivity index (χ1v) is 13.3. The third kappa shape index (κ3) is 6.82. The predicted octanol–water partition coefficient (Wildman–Crippen LogP) is 5.39. The second-order valence-electron chi connectivity index (χ2n) is 9.32. The molecule has 3 heterocycles. The van der Waals surface area contributed by atoms with Gasteiger partial charge in [0.05, 0.1) is 21.9 Å². The van der Waals surface area contributed by atoms with Gasteiger partial charge in [0, 0.05) is 36.6 Å². The highest BCUT2D eigenvalue weighted by molar-refractivity contribution is 8.18. The van der Waals surface area contributed by atoms with Gasteiger partial charge in [0.1, 0.15) is 0 Å². The van der Waals surface area contributed by atoms with E-state index in [1.807, 2.05) is 6.07 Å². The van der Waals surface area contributed by atoms with Crippen LogP contribution in [0, 0.1) is 0 Å². The molecule has 1 aliphatic carbocycles. The highest BCUT2D eigenvalue weighted by atomic mass is 32.2. The van der Waals surface area contributed by atoms with Crippen molar-refractivity contribution < 1.29 is 22.8 Å². The van der Waals surface area contributed by atoms with E-state index in [9.17, 15) is 22.8 Å². The molecule has 39 heavy (non-hydrogen) atoms. The number of carbonyl (C=O) groups is 2. The fraction of sp³-hybridized carbons (Fsp3) is 0.296. The number of carbonyl (C=O) groups excluding carboxylic acids is 2. The molecule has 2 aliphatic rings. The molecule has 12 heteroatoms. The molecule has 0 spiro atoms. The maximum absolute atomic E-state index is 13.2. The number of thioether (sulfide) groups is 1. The molecule has 3 N–H and O–H groups in total. The Morgan fingerprint density at radius 3 is 2.54 bits per heavy atom. The van der Waals surface area contributed by atoms with Crippen LogP contribution in [0.4, 0.5) is 23.9 Å². The molecule has 0 radical (unpaired) electrons. The molecule has 5 rings (SSSR count). The summed E-state index contributed by atoms with van der Waals surface area (Å²) in [7, 11) is 0. The summed E-state index contributed by atoms with van der Waals surface area (Å²) in [6.07, 6.45) is 3.91. The van der Waals surface area contributed by atoms with Gasteiger partial charge in [-0.3, -0.25) is 19.9 Å². The highest BCUT2D eigenvalue weighted by Gasteiger charge is 2.31. The quantitative estimate of drug-likeness (QED) is 0.334. The van der Waals surface area contributed by atoms with E-state index in [4.69, 9.17) is 0 Å². The van der Waals surface area contributed by atoms with E-state index in [1.54, 1.807) is 36.7 Å². The van der Waals surface area contributed by atoms with E-state index in [1.165, 1.54) is 6.07 Å². The summed E-state index contributed by atoms with van der Waals surface area (Å²) >= 11 is 0.839. The number of hydrogen-bond donors (Lipinski definition) is 3. The van der Waals surface area contributed by atoms with Crippen molar-refractivity contribution in [2.45, 2.75) is 50.5 Å². The molecule has 2 aromatic heterocycles. The maximum atomic E-state index is 13.2. The number of hydrogen-bond acceptors (Lipinski definition) is 8. The molecule has 8 nitrogen and oxygen atoms in total. The summed E-state index contributed by atoms with van der Waals surface area (Å²) in [6, 6.07) is 11.0. The Balaban J connectivity index is 1.16. The molecule has 1 saturated heterocycles. The average molecular weight is 555 g/mol. The Kier molecular flexibility index (Phi) is 7.94. The van der Waals surface area contributed by atoms with E-state index in [-0.39, 0.29) is 12.1 Å². The zero-order valence-electron chi connectivity index (χ0n) is 20.7. The Morgan fingerprint density at radius 2 is 1.79 bits per heavy atom. The van der Waals surface area contributed by atoms with Gasteiger partial charge in [-0.15, -0.1) is 0 Å². The lowest BCUT2D eigenvalue weighted by molar-refractivity contribution is -0.137. The molecular formula is C27H25F3N6O2S. The molecule has 1 aromatic carbocycles. The first-order valence-electron chi connectivity index (χ1n) is 12.4. The first-order chi connectivity index (χ1) is 18.7. The lowest BCUT2D eigenvalue weighted by Gasteiger charge is -2.30. The van der Waals surface area contributed by atoms with Gasteiger partial charge < -0.3 is 10.6 Å². The van der Waals surface area contributed by atoms with Crippen molar-refractivity contribution >= 4 is 34.9 Å². The van der Waals surface area contributed by atoms with Gasteiger partial charge in [-0.1, -0.05) is 18.2 Å². The number of pyridine rings is 1. The monoisotopic (exact) mass is 554 g/mol. The van der Waals surface area contributed by atoms with E-state index < -0.39 is 22.9 Å². The van der Waals surface area contributed by atoms with E-state index >= 15 is 0 Å². The fourth-order valence-electron chi connectivity index (χ4n) is 4.64. The first kappa shape index (κ1) is 26.8. The van der Waals surface area contributed by atoms with Crippen molar-refractivity contribution in [2.75, 3.05) is 5.32 Å². The smallest absolute Gasteiger partial charge is 0.351 e. The Morgan fingerprint density at radius 1 is 1.00 bits per heavy atom. The fourth-order valence-corrected chi connectivity index (χ4v) is 5.31. The van der Waals surface area contributed by atoms with Crippen LogP contribution in [0.25, 0.3) is 17.3 Å². The second kappa shape index (κ2) is 11.5. The number of amides is 2. The summed E-state index contributed by atoms with van der Waals surface area (Å²) in [6.45, 7) is 0.496. The van der Waals surface area contributed by atoms with Crippen LogP contribution in [0.2, 0.25) is 0 Å². The predicted molar refractivity (Wildman–Crippen MR) is 142 cm³/mol. The van der Waals surface area contributed by atoms with Crippen LogP contribution in [0.1, 0.15) is 42.5 Å². The summed E-state index contributed by atoms with van der Waals surface area (Å²) in [4.78, 5) is 36.5. The van der Waals surface area contributed by atoms with E-state index in [0.29, 0.717) is 34.3 Å². The number of benzene rings is 1. The Hall–Kier alpha value is -3.77. The van der Waals surface area contributed by atoms with Crippen LogP contribution >= 0.6 is 11.8 Å². The maximum Gasteiger partial charge on any atom is 0.416 e. The largest absolute Gasteiger partial charge is 0.416 e. The van der Waals surface area contributed by atoms with E-state index in [0.717, 1.165) is 55.1 Å². The van der Waals surface area contributed by atoms with Gasteiger partial charge in [0.2, 0.25) is 5.95 Å². The topological polar surface area (TPSA) is 109 Å². The van der Waals surface area contributed by atoms with Crippen LogP contribution < -0.4 is 16.0 Å². The van der Waals surface area contributed by atoms with Gasteiger partial charge in [-0.2, -0.15) is 13.2 Å². The number of imide groups is 1. The average Bonchev–Trinajstić information content (AvgIpc) is 3.24. The van der Waals surface area contributed by atoms with Gasteiger partial charge in [0.25, 0.3) is 11.1 Å². The van der Waals surface area contributed by atoms with Crippen LogP contribution in [-0.2, 0) is 17.5 Å². The van der Waals surface area contributed by atoms with Crippen molar-refractivity contribution in [1.29, 1.82) is 0 Å². The van der Waals surface area contributed by atoms with Crippen LogP contribution in [0.3, 0.4) is 0 Å². The van der Waals surface area contributed by atoms with Gasteiger partial charge in [-0.05, 0) is 73.4 Å². The Labute approximate surface area is 226 Å². The van der Waals surface area contributed by atoms with Crippen molar-refractivity contribution in [2.24, 2.45) is 0 Å². The van der Waals surface area contributed by atoms with Crippen molar-refractivity contribution in [3.05, 3.63) is 76.6 Å². The minimum Gasteiger partial charge on any atom is -0.351 e. The van der Waals surface area contributed by atoms with Crippen LogP contribution in [0.15, 0.2) is 59.8 Å². The molecule has 2 fully saturated rings.